The van der Waals surface area contributed by atoms with Crippen LogP contribution < -0.4 is 5.32 Å². The number of rotatable bonds is 3. The van der Waals surface area contributed by atoms with E-state index in [1.807, 2.05) is 0 Å². The van der Waals surface area contributed by atoms with E-state index < -0.39 is 0 Å². The fourth-order valence-electron chi connectivity index (χ4n) is 3.75. The van der Waals surface area contributed by atoms with E-state index >= 15 is 0 Å². The fourth-order valence-corrected chi connectivity index (χ4v) is 3.75. The third-order valence-electron chi connectivity index (χ3n) is 4.79. The highest BCUT2D eigenvalue weighted by molar-refractivity contribution is 4.98. The predicted molar refractivity (Wildman–Crippen MR) is 70.5 cm³/mol. The van der Waals surface area contributed by atoms with Crippen molar-refractivity contribution in [1.29, 1.82) is 5.26 Å². The summed E-state index contributed by atoms with van der Waals surface area (Å²) < 4.78 is 0. The average molecular weight is 234 g/mol. The minimum Gasteiger partial charge on any atom is -0.310 e. The van der Waals surface area contributed by atoms with Crippen molar-refractivity contribution in [2.45, 2.75) is 70.9 Å². The second-order valence-corrected chi connectivity index (χ2v) is 6.24. The molecule has 2 aliphatic carbocycles. The quantitative estimate of drug-likeness (QED) is 0.811. The van der Waals surface area contributed by atoms with Crippen LogP contribution in [0.2, 0.25) is 0 Å². The SMILES string of the molecule is CC(C)C1CCCCC1NC1CCCC1C#N. The lowest BCUT2D eigenvalue weighted by Crippen LogP contribution is -2.47. The van der Waals surface area contributed by atoms with Crippen LogP contribution in [-0.2, 0) is 0 Å². The van der Waals surface area contributed by atoms with Gasteiger partial charge in [-0.3, -0.25) is 0 Å². The molecule has 17 heavy (non-hydrogen) atoms. The number of hydrogen-bond donors (Lipinski definition) is 1. The first-order chi connectivity index (χ1) is 8.22. The molecule has 0 aromatic heterocycles. The van der Waals surface area contributed by atoms with Crippen LogP contribution in [0.15, 0.2) is 0 Å². The molecular formula is C15H26N2. The van der Waals surface area contributed by atoms with Gasteiger partial charge >= 0.3 is 0 Å². The van der Waals surface area contributed by atoms with Gasteiger partial charge in [0.1, 0.15) is 0 Å². The van der Waals surface area contributed by atoms with E-state index in [4.69, 9.17) is 5.26 Å². The number of nitrogens with zero attached hydrogens (tertiary/aromatic N) is 1. The van der Waals surface area contributed by atoms with Gasteiger partial charge in [-0.25, -0.2) is 0 Å². The number of hydrogen-bond acceptors (Lipinski definition) is 2. The minimum atomic E-state index is 0.268. The Bertz CT molecular complexity index is 279. The summed E-state index contributed by atoms with van der Waals surface area (Å²) in [5.41, 5.74) is 0. The molecule has 96 valence electrons. The standard InChI is InChI=1S/C15H26N2/c1-11(2)13-7-3-4-8-15(13)17-14-9-5-6-12(14)10-16/h11-15,17H,3-9H2,1-2H3. The highest BCUT2D eigenvalue weighted by Crippen LogP contribution is 2.33. The van der Waals surface area contributed by atoms with Gasteiger partial charge in [-0.2, -0.15) is 5.26 Å². The number of nitriles is 1. The fraction of sp³-hybridized carbons (Fsp3) is 0.933. The molecule has 0 saturated heterocycles. The largest absolute Gasteiger partial charge is 0.310 e. The second kappa shape index (κ2) is 5.87. The Morgan fingerprint density at radius 2 is 1.71 bits per heavy atom. The highest BCUT2D eigenvalue weighted by atomic mass is 15.0. The molecule has 4 unspecified atom stereocenters. The lowest BCUT2D eigenvalue weighted by atomic mass is 9.77. The average Bonchev–Trinajstić information content (AvgIpc) is 2.77. The monoisotopic (exact) mass is 234 g/mol. The van der Waals surface area contributed by atoms with Crippen molar-refractivity contribution >= 4 is 0 Å². The molecule has 2 nitrogen and oxygen atoms in total. The molecule has 0 aliphatic heterocycles. The maximum Gasteiger partial charge on any atom is 0.0672 e. The molecule has 4 atom stereocenters. The van der Waals surface area contributed by atoms with Crippen molar-refractivity contribution in [3.05, 3.63) is 0 Å². The highest BCUT2D eigenvalue weighted by Gasteiger charge is 2.33. The lowest BCUT2D eigenvalue weighted by molar-refractivity contribution is 0.187. The van der Waals surface area contributed by atoms with Crippen LogP contribution in [0.25, 0.3) is 0 Å². The molecule has 2 saturated carbocycles. The van der Waals surface area contributed by atoms with Crippen LogP contribution in [0.5, 0.6) is 0 Å². The molecule has 2 aliphatic rings. The smallest absolute Gasteiger partial charge is 0.0672 e. The van der Waals surface area contributed by atoms with E-state index in [0.29, 0.717) is 12.1 Å². The van der Waals surface area contributed by atoms with Gasteiger partial charge < -0.3 is 5.32 Å². The Hall–Kier alpha value is -0.550. The topological polar surface area (TPSA) is 35.8 Å². The minimum absolute atomic E-state index is 0.268. The van der Waals surface area contributed by atoms with E-state index in [-0.39, 0.29) is 5.92 Å². The first kappa shape index (κ1) is 12.9. The third kappa shape index (κ3) is 3.01. The van der Waals surface area contributed by atoms with Crippen molar-refractivity contribution < 1.29 is 0 Å². The summed E-state index contributed by atoms with van der Waals surface area (Å²) in [5.74, 6) is 1.86. The third-order valence-corrected chi connectivity index (χ3v) is 4.79. The Morgan fingerprint density at radius 3 is 2.41 bits per heavy atom. The van der Waals surface area contributed by atoms with Crippen LogP contribution in [0.4, 0.5) is 0 Å². The molecule has 0 bridgehead atoms. The van der Waals surface area contributed by atoms with Gasteiger partial charge in [0.05, 0.1) is 12.0 Å². The number of nitrogens with one attached hydrogen (secondary N) is 1. The van der Waals surface area contributed by atoms with Crippen molar-refractivity contribution in [1.82, 2.24) is 5.32 Å². The molecule has 0 radical (unpaired) electrons. The van der Waals surface area contributed by atoms with Gasteiger partial charge in [0.2, 0.25) is 0 Å². The molecule has 0 aromatic carbocycles. The van der Waals surface area contributed by atoms with Gasteiger partial charge in [0.25, 0.3) is 0 Å². The molecule has 0 aromatic rings. The molecule has 2 heteroatoms. The zero-order valence-corrected chi connectivity index (χ0v) is 11.3. The molecule has 1 N–H and O–H groups in total. The summed E-state index contributed by atoms with van der Waals surface area (Å²) in [6.07, 6.45) is 9.00. The van der Waals surface area contributed by atoms with Crippen LogP contribution in [0, 0.1) is 29.1 Å². The van der Waals surface area contributed by atoms with E-state index in [2.05, 4.69) is 25.2 Å². The first-order valence-corrected chi connectivity index (χ1v) is 7.38. The molecule has 2 rings (SSSR count). The van der Waals surface area contributed by atoms with Gasteiger partial charge in [0.15, 0.2) is 0 Å². The summed E-state index contributed by atoms with van der Waals surface area (Å²) in [6, 6.07) is 3.63. The normalized spacial score (nSPS) is 38.2. The van der Waals surface area contributed by atoms with Crippen molar-refractivity contribution in [3.8, 4) is 6.07 Å². The Morgan fingerprint density at radius 1 is 1.00 bits per heavy atom. The van der Waals surface area contributed by atoms with Crippen molar-refractivity contribution in [3.63, 3.8) is 0 Å². The summed E-state index contributed by atoms with van der Waals surface area (Å²) in [4.78, 5) is 0. The maximum absolute atomic E-state index is 9.15. The van der Waals surface area contributed by atoms with E-state index in [0.717, 1.165) is 18.3 Å². The van der Waals surface area contributed by atoms with E-state index in [1.165, 1.54) is 38.5 Å². The first-order valence-electron chi connectivity index (χ1n) is 7.38. The zero-order chi connectivity index (χ0) is 12.3. The summed E-state index contributed by atoms with van der Waals surface area (Å²) >= 11 is 0. The Balaban J connectivity index is 1.94. The molecule has 2 fully saturated rings. The maximum atomic E-state index is 9.15. The molecular weight excluding hydrogens is 208 g/mol. The molecule has 0 amide bonds. The predicted octanol–water partition coefficient (Wildman–Crippen LogP) is 3.48. The van der Waals surface area contributed by atoms with Crippen LogP contribution in [-0.4, -0.2) is 12.1 Å². The summed E-state index contributed by atoms with van der Waals surface area (Å²) in [5, 5.41) is 13.0. The Kier molecular flexibility index (Phi) is 4.45. The second-order valence-electron chi connectivity index (χ2n) is 6.24. The zero-order valence-electron chi connectivity index (χ0n) is 11.3. The van der Waals surface area contributed by atoms with Crippen molar-refractivity contribution in [2.75, 3.05) is 0 Å². The Labute approximate surface area is 106 Å². The molecule has 0 spiro atoms. The van der Waals surface area contributed by atoms with Gasteiger partial charge in [-0.05, 0) is 37.5 Å². The summed E-state index contributed by atoms with van der Waals surface area (Å²) in [7, 11) is 0. The van der Waals surface area contributed by atoms with Crippen molar-refractivity contribution in [2.24, 2.45) is 17.8 Å². The summed E-state index contributed by atoms with van der Waals surface area (Å²) in [6.45, 7) is 4.70. The van der Waals surface area contributed by atoms with Gasteiger partial charge in [-0.1, -0.05) is 33.1 Å². The van der Waals surface area contributed by atoms with E-state index in [1.54, 1.807) is 0 Å². The van der Waals surface area contributed by atoms with Crippen LogP contribution >= 0.6 is 0 Å². The lowest BCUT2D eigenvalue weighted by Gasteiger charge is -2.37. The van der Waals surface area contributed by atoms with Gasteiger partial charge in [0, 0.05) is 12.1 Å². The van der Waals surface area contributed by atoms with Crippen LogP contribution in [0.1, 0.15) is 58.8 Å². The molecule has 0 heterocycles. The van der Waals surface area contributed by atoms with E-state index in [9.17, 15) is 0 Å². The van der Waals surface area contributed by atoms with Gasteiger partial charge in [-0.15, -0.1) is 0 Å². The van der Waals surface area contributed by atoms with Crippen LogP contribution in [0.3, 0.4) is 0 Å².